The minimum Gasteiger partial charge on any atom is -0.462 e. The summed E-state index contributed by atoms with van der Waals surface area (Å²) in [6.07, 6.45) is 93.5. The van der Waals surface area contributed by atoms with Crippen molar-refractivity contribution in [2.75, 3.05) is 13.2 Å². The zero-order valence-electron chi connectivity index (χ0n) is 52.3. The number of hydrogen-bond donors (Lipinski definition) is 0. The van der Waals surface area contributed by atoms with Crippen LogP contribution in [0.15, 0.2) is 122 Å². The molecule has 0 bridgehead atoms. The van der Waals surface area contributed by atoms with Gasteiger partial charge in [0.25, 0.3) is 0 Å². The lowest BCUT2D eigenvalue weighted by Crippen LogP contribution is -2.30. The number of hydrogen-bond acceptors (Lipinski definition) is 6. The van der Waals surface area contributed by atoms with Crippen molar-refractivity contribution in [3.8, 4) is 0 Å². The molecule has 0 aromatic carbocycles. The predicted octanol–water partition coefficient (Wildman–Crippen LogP) is 23.2. The number of ether oxygens (including phenoxy) is 3. The Labute approximate surface area is 494 Å². The van der Waals surface area contributed by atoms with Gasteiger partial charge in [0.1, 0.15) is 13.2 Å². The third-order valence-electron chi connectivity index (χ3n) is 14.2. The van der Waals surface area contributed by atoms with Gasteiger partial charge in [0, 0.05) is 19.3 Å². The van der Waals surface area contributed by atoms with Crippen LogP contribution in [0.5, 0.6) is 0 Å². The molecule has 6 nitrogen and oxygen atoms in total. The number of rotatable bonds is 60. The third-order valence-corrected chi connectivity index (χ3v) is 14.2. The van der Waals surface area contributed by atoms with E-state index in [1.165, 1.54) is 122 Å². The fourth-order valence-corrected chi connectivity index (χ4v) is 9.14. The van der Waals surface area contributed by atoms with Crippen LogP contribution in [-0.2, 0) is 28.6 Å². The van der Waals surface area contributed by atoms with Gasteiger partial charge in [-0.25, -0.2) is 0 Å². The van der Waals surface area contributed by atoms with Gasteiger partial charge in [-0.15, -0.1) is 0 Å². The summed E-state index contributed by atoms with van der Waals surface area (Å²) in [5.74, 6) is -0.921. The van der Waals surface area contributed by atoms with Crippen LogP contribution in [0, 0.1) is 0 Å². The topological polar surface area (TPSA) is 78.9 Å². The maximum absolute atomic E-state index is 12.9. The first-order valence-electron chi connectivity index (χ1n) is 33.5. The molecular weight excluding hydrogens is 985 g/mol. The standard InChI is InChI=1S/C74H124O6/c1-4-7-10-13-16-19-22-25-28-30-32-34-35-36-37-38-39-41-42-44-46-49-52-55-58-61-64-67-73(76)79-70-71(69-78-72(75)66-63-60-57-54-51-48-27-24-21-18-15-12-9-6-3)80-74(77)68-65-62-59-56-53-50-47-45-43-40-33-31-29-26-23-20-17-14-11-8-5-2/h7,10,15-16,18-19,24-25,27-28,31-34,36-37,39,41,44,46,71H,4-6,8-9,11-14,17,20-23,26,29-30,35,38,40,42-43,45,47-70H2,1-3H3/b10-7-,18-15-,19-16-,27-24-,28-25-,33-31-,34-32-,37-36-,41-39-,46-44-. The molecule has 6 heteroatoms. The van der Waals surface area contributed by atoms with Crippen LogP contribution in [0.4, 0.5) is 0 Å². The monoisotopic (exact) mass is 1110 g/mol. The van der Waals surface area contributed by atoms with Gasteiger partial charge < -0.3 is 14.2 Å². The van der Waals surface area contributed by atoms with Crippen molar-refractivity contribution in [2.24, 2.45) is 0 Å². The highest BCUT2D eigenvalue weighted by Crippen LogP contribution is 2.16. The lowest BCUT2D eigenvalue weighted by Gasteiger charge is -2.18. The molecular formula is C74H124O6. The van der Waals surface area contributed by atoms with Gasteiger partial charge in [-0.05, 0) is 128 Å². The maximum atomic E-state index is 12.9. The highest BCUT2D eigenvalue weighted by molar-refractivity contribution is 5.71. The second-order valence-electron chi connectivity index (χ2n) is 22.0. The molecule has 0 heterocycles. The van der Waals surface area contributed by atoms with Crippen molar-refractivity contribution < 1.29 is 28.6 Å². The molecule has 1 atom stereocenters. The van der Waals surface area contributed by atoms with Gasteiger partial charge in [-0.2, -0.15) is 0 Å². The minimum atomic E-state index is -0.798. The fraction of sp³-hybridized carbons (Fsp3) is 0.689. The summed E-state index contributed by atoms with van der Waals surface area (Å²) < 4.78 is 16.9. The van der Waals surface area contributed by atoms with Crippen LogP contribution in [-0.4, -0.2) is 37.2 Å². The maximum Gasteiger partial charge on any atom is 0.306 e. The molecule has 0 aliphatic rings. The van der Waals surface area contributed by atoms with Gasteiger partial charge in [0.05, 0.1) is 0 Å². The molecule has 0 radical (unpaired) electrons. The Morgan fingerprint density at radius 2 is 0.500 bits per heavy atom. The Morgan fingerprint density at radius 1 is 0.263 bits per heavy atom. The van der Waals surface area contributed by atoms with Gasteiger partial charge in [0.15, 0.2) is 6.10 Å². The summed E-state index contributed by atoms with van der Waals surface area (Å²) in [6, 6.07) is 0. The molecule has 0 N–H and O–H groups in total. The molecule has 0 aromatic heterocycles. The van der Waals surface area contributed by atoms with Crippen LogP contribution in [0.1, 0.15) is 310 Å². The van der Waals surface area contributed by atoms with Crippen molar-refractivity contribution in [3.05, 3.63) is 122 Å². The molecule has 456 valence electrons. The summed E-state index contributed by atoms with van der Waals surface area (Å²) >= 11 is 0. The molecule has 0 amide bonds. The van der Waals surface area contributed by atoms with E-state index < -0.39 is 6.10 Å². The molecule has 0 saturated carbocycles. The van der Waals surface area contributed by atoms with E-state index in [4.69, 9.17) is 14.2 Å². The van der Waals surface area contributed by atoms with E-state index in [0.717, 1.165) is 148 Å². The first-order valence-corrected chi connectivity index (χ1v) is 33.5. The molecule has 0 spiro atoms. The second kappa shape index (κ2) is 67.3. The Morgan fingerprint density at radius 3 is 0.812 bits per heavy atom. The number of carbonyl (C=O) groups excluding carboxylic acids is 3. The van der Waals surface area contributed by atoms with E-state index in [-0.39, 0.29) is 31.1 Å². The first kappa shape index (κ1) is 75.8. The molecule has 0 aromatic rings. The van der Waals surface area contributed by atoms with Crippen molar-refractivity contribution in [3.63, 3.8) is 0 Å². The summed E-state index contributed by atoms with van der Waals surface area (Å²) in [5.41, 5.74) is 0. The zero-order valence-corrected chi connectivity index (χ0v) is 52.3. The second-order valence-corrected chi connectivity index (χ2v) is 22.0. The van der Waals surface area contributed by atoms with Crippen LogP contribution in [0.2, 0.25) is 0 Å². The smallest absolute Gasteiger partial charge is 0.306 e. The third kappa shape index (κ3) is 64.6. The molecule has 80 heavy (non-hydrogen) atoms. The largest absolute Gasteiger partial charge is 0.462 e. The number of esters is 3. The number of unbranched alkanes of at least 4 members (excludes halogenated alkanes) is 29. The molecule has 0 rings (SSSR count). The molecule has 0 fully saturated rings. The van der Waals surface area contributed by atoms with Crippen LogP contribution in [0.3, 0.4) is 0 Å². The zero-order chi connectivity index (χ0) is 57.8. The van der Waals surface area contributed by atoms with E-state index in [2.05, 4.69) is 142 Å². The summed E-state index contributed by atoms with van der Waals surface area (Å²) in [7, 11) is 0. The van der Waals surface area contributed by atoms with E-state index in [1.807, 2.05) is 0 Å². The van der Waals surface area contributed by atoms with Gasteiger partial charge in [0.2, 0.25) is 0 Å². The minimum absolute atomic E-state index is 0.0938. The lowest BCUT2D eigenvalue weighted by molar-refractivity contribution is -0.167. The normalized spacial score (nSPS) is 12.9. The Kier molecular flexibility index (Phi) is 63.8. The highest BCUT2D eigenvalue weighted by atomic mass is 16.6. The number of allylic oxidation sites excluding steroid dienone is 20. The van der Waals surface area contributed by atoms with Gasteiger partial charge in [-0.1, -0.05) is 284 Å². The van der Waals surface area contributed by atoms with Crippen molar-refractivity contribution in [1.82, 2.24) is 0 Å². The van der Waals surface area contributed by atoms with Crippen LogP contribution >= 0.6 is 0 Å². The van der Waals surface area contributed by atoms with Crippen molar-refractivity contribution >= 4 is 17.9 Å². The average Bonchev–Trinajstić information content (AvgIpc) is 3.46. The van der Waals surface area contributed by atoms with E-state index in [9.17, 15) is 14.4 Å². The summed E-state index contributed by atoms with van der Waals surface area (Å²) in [6.45, 7) is 6.48. The predicted molar refractivity (Wildman–Crippen MR) is 348 cm³/mol. The van der Waals surface area contributed by atoms with Crippen LogP contribution in [0.25, 0.3) is 0 Å². The molecule has 1 unspecified atom stereocenters. The van der Waals surface area contributed by atoms with E-state index in [0.29, 0.717) is 19.3 Å². The van der Waals surface area contributed by atoms with Gasteiger partial charge in [-0.3, -0.25) is 14.4 Å². The fourth-order valence-electron chi connectivity index (χ4n) is 9.14. The Hall–Kier alpha value is -4.19. The van der Waals surface area contributed by atoms with Gasteiger partial charge >= 0.3 is 17.9 Å². The quantitative estimate of drug-likeness (QED) is 0.0261. The lowest BCUT2D eigenvalue weighted by atomic mass is 10.1. The first-order chi connectivity index (χ1) is 39.5. The van der Waals surface area contributed by atoms with Crippen LogP contribution < -0.4 is 0 Å². The van der Waals surface area contributed by atoms with Crippen molar-refractivity contribution in [2.45, 2.75) is 316 Å². The highest BCUT2D eigenvalue weighted by Gasteiger charge is 2.19. The van der Waals surface area contributed by atoms with E-state index in [1.54, 1.807) is 0 Å². The Bertz CT molecular complexity index is 1650. The summed E-state index contributed by atoms with van der Waals surface area (Å²) in [4.78, 5) is 38.4. The SMILES string of the molecule is CC/C=C\C/C=C\C/C=C\C/C=C\C/C=C\C/C=C\C/C=C\CCCCCCCC(=O)OCC(COC(=O)CCCCCCC/C=C\C/C=C\CCCC)OC(=O)CCCCCCCCCCC/C=C\CCCCCCCCCC. The van der Waals surface area contributed by atoms with Crippen molar-refractivity contribution in [1.29, 1.82) is 0 Å². The van der Waals surface area contributed by atoms with E-state index >= 15 is 0 Å². The molecule has 0 aliphatic carbocycles. The molecule has 0 saturated heterocycles. The number of carbonyl (C=O) groups is 3. The molecule has 0 aliphatic heterocycles. The Balaban J connectivity index is 4.40. The summed E-state index contributed by atoms with van der Waals surface area (Å²) in [5, 5.41) is 0. The average molecular weight is 1110 g/mol.